The van der Waals surface area contributed by atoms with E-state index in [0.29, 0.717) is 5.92 Å². The maximum Gasteiger partial charge on any atom is 0.0598 e. The minimum absolute atomic E-state index is 0.715. The van der Waals surface area contributed by atoms with Crippen molar-refractivity contribution in [2.75, 3.05) is 19.6 Å². The van der Waals surface area contributed by atoms with E-state index < -0.39 is 0 Å². The van der Waals surface area contributed by atoms with Crippen LogP contribution in [0.3, 0.4) is 0 Å². The van der Waals surface area contributed by atoms with Gasteiger partial charge in [-0.15, -0.1) is 6.42 Å². The minimum Gasteiger partial charge on any atom is -0.292 e. The lowest BCUT2D eigenvalue weighted by Crippen LogP contribution is -2.33. The van der Waals surface area contributed by atoms with Crippen molar-refractivity contribution in [3.05, 3.63) is 41.5 Å². The van der Waals surface area contributed by atoms with Crippen molar-refractivity contribution in [2.24, 2.45) is 5.92 Å². The molecule has 1 aromatic rings. The number of likely N-dealkylation sites (tertiary alicyclic amines) is 1. The molecular formula is C19H23N. The van der Waals surface area contributed by atoms with Crippen LogP contribution in [0.2, 0.25) is 0 Å². The first-order chi connectivity index (χ1) is 9.85. The van der Waals surface area contributed by atoms with E-state index >= 15 is 0 Å². The Hall–Kier alpha value is -1.52. The molecular weight excluding hydrogens is 242 g/mol. The van der Waals surface area contributed by atoms with E-state index in [1.807, 2.05) is 0 Å². The van der Waals surface area contributed by atoms with Crippen molar-refractivity contribution in [3.63, 3.8) is 0 Å². The molecule has 0 bridgehead atoms. The highest BCUT2D eigenvalue weighted by atomic mass is 15.1. The number of allylic oxidation sites excluding steroid dienone is 1. The minimum atomic E-state index is 0.715. The molecule has 20 heavy (non-hydrogen) atoms. The van der Waals surface area contributed by atoms with Gasteiger partial charge < -0.3 is 0 Å². The van der Waals surface area contributed by atoms with Crippen LogP contribution in [-0.2, 0) is 0 Å². The summed E-state index contributed by atoms with van der Waals surface area (Å²) in [6.45, 7) is 3.08. The molecule has 1 aromatic carbocycles. The Bertz CT molecular complexity index is 494. The lowest BCUT2D eigenvalue weighted by Gasteiger charge is -2.28. The molecule has 0 radical (unpaired) electrons. The van der Waals surface area contributed by atoms with Crippen LogP contribution >= 0.6 is 0 Å². The van der Waals surface area contributed by atoms with E-state index in [1.54, 1.807) is 0 Å². The standard InChI is InChI=1S/C19H23N/c1-2-13-20-14-11-17(12-15-20)4-3-16-5-7-18(8-6-16)19-9-10-19/h1,3-8,17,19H,9-15H2/b4-3-. The van der Waals surface area contributed by atoms with Gasteiger partial charge in [-0.25, -0.2) is 0 Å². The van der Waals surface area contributed by atoms with Crippen LogP contribution < -0.4 is 0 Å². The van der Waals surface area contributed by atoms with Gasteiger partial charge in [0.2, 0.25) is 0 Å². The van der Waals surface area contributed by atoms with Gasteiger partial charge in [0.25, 0.3) is 0 Å². The number of nitrogens with zero attached hydrogens (tertiary/aromatic N) is 1. The fourth-order valence-corrected chi connectivity index (χ4v) is 2.98. The molecule has 1 aliphatic heterocycles. The Morgan fingerprint density at radius 3 is 2.40 bits per heavy atom. The Labute approximate surface area is 122 Å². The predicted molar refractivity (Wildman–Crippen MR) is 85.4 cm³/mol. The zero-order valence-electron chi connectivity index (χ0n) is 12.1. The molecule has 1 saturated carbocycles. The van der Waals surface area contributed by atoms with Crippen LogP contribution in [0.25, 0.3) is 6.08 Å². The van der Waals surface area contributed by atoms with Gasteiger partial charge in [-0.2, -0.15) is 0 Å². The summed E-state index contributed by atoms with van der Waals surface area (Å²) in [6, 6.07) is 9.12. The molecule has 0 amide bonds. The van der Waals surface area contributed by atoms with E-state index in [0.717, 1.165) is 25.6 Å². The van der Waals surface area contributed by atoms with E-state index in [2.05, 4.69) is 47.2 Å². The molecule has 2 fully saturated rings. The molecule has 0 aromatic heterocycles. The summed E-state index contributed by atoms with van der Waals surface area (Å²) in [4.78, 5) is 2.37. The first kappa shape index (κ1) is 13.5. The van der Waals surface area contributed by atoms with E-state index in [1.165, 1.54) is 36.8 Å². The van der Waals surface area contributed by atoms with Crippen LogP contribution in [0.15, 0.2) is 30.3 Å². The molecule has 0 unspecified atom stereocenters. The average Bonchev–Trinajstić information content (AvgIpc) is 3.32. The summed E-state index contributed by atoms with van der Waals surface area (Å²) in [5.74, 6) is 4.31. The third kappa shape index (κ3) is 3.52. The van der Waals surface area contributed by atoms with Crippen LogP contribution in [0, 0.1) is 18.3 Å². The SMILES string of the molecule is C#CCN1CCC(/C=C\c2ccc(C3CC3)cc2)CC1. The van der Waals surface area contributed by atoms with Crippen LogP contribution in [0.5, 0.6) is 0 Å². The van der Waals surface area contributed by atoms with Crippen LogP contribution in [0.4, 0.5) is 0 Å². The van der Waals surface area contributed by atoms with Crippen molar-refractivity contribution in [2.45, 2.75) is 31.6 Å². The zero-order valence-corrected chi connectivity index (χ0v) is 12.1. The molecule has 1 heteroatoms. The predicted octanol–water partition coefficient (Wildman–Crippen LogP) is 3.92. The highest BCUT2D eigenvalue weighted by Gasteiger charge is 2.22. The molecule has 1 aliphatic carbocycles. The lowest BCUT2D eigenvalue weighted by atomic mass is 9.95. The van der Waals surface area contributed by atoms with Crippen molar-refractivity contribution < 1.29 is 0 Å². The number of rotatable bonds is 4. The number of piperidine rings is 1. The molecule has 0 spiro atoms. The monoisotopic (exact) mass is 265 g/mol. The zero-order chi connectivity index (χ0) is 13.8. The number of hydrogen-bond acceptors (Lipinski definition) is 1. The van der Waals surface area contributed by atoms with Crippen molar-refractivity contribution >= 4 is 6.08 Å². The second-order valence-corrected chi connectivity index (χ2v) is 6.12. The Balaban J connectivity index is 1.51. The molecule has 1 heterocycles. The molecule has 0 N–H and O–H groups in total. The quantitative estimate of drug-likeness (QED) is 0.746. The van der Waals surface area contributed by atoms with Gasteiger partial charge in [0.05, 0.1) is 6.54 Å². The second-order valence-electron chi connectivity index (χ2n) is 6.12. The Morgan fingerprint density at radius 2 is 1.80 bits per heavy atom. The lowest BCUT2D eigenvalue weighted by molar-refractivity contribution is 0.226. The number of hydrogen-bond donors (Lipinski definition) is 0. The molecule has 0 atom stereocenters. The maximum absolute atomic E-state index is 5.36. The second kappa shape index (κ2) is 6.29. The molecule has 104 valence electrons. The fourth-order valence-electron chi connectivity index (χ4n) is 2.98. The first-order valence-electron chi connectivity index (χ1n) is 7.79. The summed E-state index contributed by atoms with van der Waals surface area (Å²) < 4.78 is 0. The van der Waals surface area contributed by atoms with Crippen LogP contribution in [-0.4, -0.2) is 24.5 Å². The Kier molecular flexibility index (Phi) is 4.23. The fraction of sp³-hybridized carbons (Fsp3) is 0.474. The van der Waals surface area contributed by atoms with Crippen LogP contribution in [0.1, 0.15) is 42.7 Å². The van der Waals surface area contributed by atoms with E-state index in [9.17, 15) is 0 Å². The summed E-state index contributed by atoms with van der Waals surface area (Å²) in [5, 5.41) is 0. The van der Waals surface area contributed by atoms with Crippen molar-refractivity contribution in [3.8, 4) is 12.3 Å². The molecule has 3 rings (SSSR count). The van der Waals surface area contributed by atoms with Crippen molar-refractivity contribution in [1.82, 2.24) is 4.90 Å². The summed E-state index contributed by atoms with van der Waals surface area (Å²) in [5.41, 5.74) is 2.85. The third-order valence-electron chi connectivity index (χ3n) is 4.49. The molecule has 1 nitrogen and oxygen atoms in total. The van der Waals surface area contributed by atoms with Crippen molar-refractivity contribution in [1.29, 1.82) is 0 Å². The Morgan fingerprint density at radius 1 is 1.10 bits per heavy atom. The topological polar surface area (TPSA) is 3.24 Å². The summed E-state index contributed by atoms with van der Waals surface area (Å²) in [7, 11) is 0. The molecule has 1 saturated heterocycles. The van der Waals surface area contributed by atoms with E-state index in [4.69, 9.17) is 6.42 Å². The van der Waals surface area contributed by atoms with Gasteiger partial charge in [0.15, 0.2) is 0 Å². The largest absolute Gasteiger partial charge is 0.292 e. The smallest absolute Gasteiger partial charge is 0.0598 e. The van der Waals surface area contributed by atoms with Gasteiger partial charge in [0.1, 0.15) is 0 Å². The number of benzene rings is 1. The highest BCUT2D eigenvalue weighted by Crippen LogP contribution is 2.39. The van der Waals surface area contributed by atoms with Gasteiger partial charge in [-0.1, -0.05) is 42.3 Å². The van der Waals surface area contributed by atoms with Gasteiger partial charge in [-0.05, 0) is 61.7 Å². The summed E-state index contributed by atoms with van der Waals surface area (Å²) >= 11 is 0. The molecule has 2 aliphatic rings. The summed E-state index contributed by atoms with van der Waals surface area (Å²) in [6.07, 6.45) is 15.3. The van der Waals surface area contributed by atoms with Gasteiger partial charge >= 0.3 is 0 Å². The normalized spacial score (nSPS) is 21.1. The first-order valence-corrected chi connectivity index (χ1v) is 7.79. The maximum atomic E-state index is 5.36. The van der Waals surface area contributed by atoms with Gasteiger partial charge in [0, 0.05) is 0 Å². The highest BCUT2D eigenvalue weighted by molar-refractivity contribution is 5.50. The third-order valence-corrected chi connectivity index (χ3v) is 4.49. The van der Waals surface area contributed by atoms with Gasteiger partial charge in [-0.3, -0.25) is 4.90 Å². The van der Waals surface area contributed by atoms with E-state index in [-0.39, 0.29) is 0 Å². The average molecular weight is 265 g/mol. The number of terminal acetylenes is 1.